The second-order valence-electron chi connectivity index (χ2n) is 6.01. The second-order valence-corrected chi connectivity index (χ2v) is 6.01. The summed E-state index contributed by atoms with van der Waals surface area (Å²) >= 11 is 0. The Bertz CT molecular complexity index is 1010. The van der Waals surface area contributed by atoms with E-state index < -0.39 is 5.54 Å². The highest BCUT2D eigenvalue weighted by Gasteiger charge is 2.29. The van der Waals surface area contributed by atoms with Crippen LogP contribution in [0.25, 0.3) is 16.7 Å². The van der Waals surface area contributed by atoms with Crippen molar-refractivity contribution >= 4 is 11.0 Å². The lowest BCUT2D eigenvalue weighted by Crippen LogP contribution is -2.37. The fourth-order valence-electron chi connectivity index (χ4n) is 2.81. The molecule has 7 heteroatoms. The number of benzene rings is 1. The Kier molecular flexibility index (Phi) is 3.51. The number of ether oxygens (including phenoxy) is 1. The minimum absolute atomic E-state index is 0.532. The molecule has 2 heterocycles. The van der Waals surface area contributed by atoms with Crippen LogP contribution in [-0.4, -0.2) is 26.9 Å². The Morgan fingerprint density at radius 3 is 2.92 bits per heavy atom. The highest BCUT2D eigenvalue weighted by atomic mass is 16.5. The van der Waals surface area contributed by atoms with Gasteiger partial charge in [-0.15, -0.1) is 0 Å². The average Bonchev–Trinajstić information content (AvgIpc) is 3.07. The van der Waals surface area contributed by atoms with Crippen LogP contribution in [0.2, 0.25) is 0 Å². The second kappa shape index (κ2) is 5.71. The van der Waals surface area contributed by atoms with Crippen LogP contribution in [0.15, 0.2) is 60.6 Å². The standard InChI is InChI=1S/C18H18N6O/c1-25-15-4-2-3-14(9-15)24-16-12(11-22-24)10-21-17(23-16)18(20)7-5-13(19)6-8-18/h2-7,9-11H,8,19-20H2,1H3. The summed E-state index contributed by atoms with van der Waals surface area (Å²) in [6.07, 6.45) is 9.54. The molecule has 0 aliphatic heterocycles. The van der Waals surface area contributed by atoms with Crippen molar-refractivity contribution in [3.63, 3.8) is 0 Å². The van der Waals surface area contributed by atoms with Gasteiger partial charge in [0.2, 0.25) is 0 Å². The van der Waals surface area contributed by atoms with Gasteiger partial charge >= 0.3 is 0 Å². The summed E-state index contributed by atoms with van der Waals surface area (Å²) in [7, 11) is 1.63. The molecule has 0 amide bonds. The number of nitrogens with two attached hydrogens (primary N) is 2. The Labute approximate surface area is 144 Å². The van der Waals surface area contributed by atoms with E-state index in [1.165, 1.54) is 0 Å². The topological polar surface area (TPSA) is 105 Å². The maximum Gasteiger partial charge on any atom is 0.166 e. The zero-order valence-electron chi connectivity index (χ0n) is 13.8. The molecule has 1 aliphatic rings. The van der Waals surface area contributed by atoms with E-state index in [0.717, 1.165) is 16.8 Å². The molecular formula is C18H18N6O. The molecule has 0 spiro atoms. The van der Waals surface area contributed by atoms with E-state index in [0.29, 0.717) is 23.6 Å². The smallest absolute Gasteiger partial charge is 0.166 e. The molecule has 25 heavy (non-hydrogen) atoms. The quantitative estimate of drug-likeness (QED) is 0.756. The molecule has 1 atom stereocenters. The monoisotopic (exact) mass is 334 g/mol. The van der Waals surface area contributed by atoms with Crippen LogP contribution in [0.1, 0.15) is 12.2 Å². The van der Waals surface area contributed by atoms with Crippen molar-refractivity contribution in [2.75, 3.05) is 7.11 Å². The Balaban J connectivity index is 1.82. The van der Waals surface area contributed by atoms with Crippen molar-refractivity contribution in [2.45, 2.75) is 12.0 Å². The molecule has 0 radical (unpaired) electrons. The molecule has 1 aromatic carbocycles. The summed E-state index contributed by atoms with van der Waals surface area (Å²) in [6, 6.07) is 7.63. The predicted octanol–water partition coefficient (Wildman–Crippen LogP) is 1.78. The summed E-state index contributed by atoms with van der Waals surface area (Å²) in [5, 5.41) is 5.27. The maximum absolute atomic E-state index is 6.48. The molecule has 0 saturated heterocycles. The van der Waals surface area contributed by atoms with Crippen molar-refractivity contribution in [1.29, 1.82) is 0 Å². The number of aromatic nitrogens is 4. The van der Waals surface area contributed by atoms with Gasteiger partial charge in [-0.3, -0.25) is 0 Å². The first-order valence-corrected chi connectivity index (χ1v) is 7.88. The Morgan fingerprint density at radius 2 is 2.16 bits per heavy atom. The lowest BCUT2D eigenvalue weighted by atomic mass is 9.90. The van der Waals surface area contributed by atoms with Crippen molar-refractivity contribution in [1.82, 2.24) is 19.7 Å². The van der Waals surface area contributed by atoms with Gasteiger partial charge in [0.25, 0.3) is 0 Å². The number of allylic oxidation sites excluding steroid dienone is 1. The van der Waals surface area contributed by atoms with E-state index in [1.807, 2.05) is 36.4 Å². The van der Waals surface area contributed by atoms with E-state index in [4.69, 9.17) is 16.2 Å². The predicted molar refractivity (Wildman–Crippen MR) is 95.1 cm³/mol. The summed E-state index contributed by atoms with van der Waals surface area (Å²) in [5.41, 5.74) is 13.7. The van der Waals surface area contributed by atoms with E-state index in [1.54, 1.807) is 30.3 Å². The fourth-order valence-corrected chi connectivity index (χ4v) is 2.81. The SMILES string of the molecule is COc1cccc(-n2ncc3cnc(C4(N)C=CC(N)=CC4)nc32)c1. The molecule has 0 saturated carbocycles. The highest BCUT2D eigenvalue weighted by Crippen LogP contribution is 2.27. The molecule has 1 aliphatic carbocycles. The van der Waals surface area contributed by atoms with Crippen LogP contribution in [-0.2, 0) is 5.54 Å². The van der Waals surface area contributed by atoms with Gasteiger partial charge in [-0.25, -0.2) is 14.6 Å². The van der Waals surface area contributed by atoms with E-state index in [2.05, 4.69) is 15.1 Å². The normalized spacial score (nSPS) is 19.8. The number of fused-ring (bicyclic) bond motifs is 1. The lowest BCUT2D eigenvalue weighted by Gasteiger charge is -2.25. The maximum atomic E-state index is 6.48. The third-order valence-corrected chi connectivity index (χ3v) is 4.27. The van der Waals surface area contributed by atoms with Crippen LogP contribution in [0.5, 0.6) is 5.75 Å². The number of methoxy groups -OCH3 is 1. The minimum Gasteiger partial charge on any atom is -0.497 e. The van der Waals surface area contributed by atoms with Crippen LogP contribution < -0.4 is 16.2 Å². The Morgan fingerprint density at radius 1 is 1.28 bits per heavy atom. The molecule has 3 aromatic rings. The molecule has 7 nitrogen and oxygen atoms in total. The van der Waals surface area contributed by atoms with Crippen LogP contribution >= 0.6 is 0 Å². The van der Waals surface area contributed by atoms with Crippen LogP contribution in [0.3, 0.4) is 0 Å². The number of rotatable bonds is 3. The molecule has 0 fully saturated rings. The summed E-state index contributed by atoms with van der Waals surface area (Å²) in [5.74, 6) is 1.28. The zero-order chi connectivity index (χ0) is 17.4. The zero-order valence-corrected chi connectivity index (χ0v) is 13.8. The first-order chi connectivity index (χ1) is 12.1. The van der Waals surface area contributed by atoms with Crippen molar-refractivity contribution < 1.29 is 4.74 Å². The van der Waals surface area contributed by atoms with Gasteiger partial charge in [0, 0.05) is 18.0 Å². The molecule has 126 valence electrons. The average molecular weight is 334 g/mol. The summed E-state index contributed by atoms with van der Waals surface area (Å²) < 4.78 is 7.04. The number of nitrogens with zero attached hydrogens (tertiary/aromatic N) is 4. The van der Waals surface area contributed by atoms with E-state index in [-0.39, 0.29) is 0 Å². The van der Waals surface area contributed by atoms with Gasteiger partial charge in [0.1, 0.15) is 5.75 Å². The van der Waals surface area contributed by atoms with Gasteiger partial charge in [-0.1, -0.05) is 18.2 Å². The molecule has 4 N–H and O–H groups in total. The summed E-state index contributed by atoms with van der Waals surface area (Å²) in [4.78, 5) is 9.12. The van der Waals surface area contributed by atoms with E-state index >= 15 is 0 Å². The van der Waals surface area contributed by atoms with Gasteiger partial charge in [-0.2, -0.15) is 5.10 Å². The molecule has 0 bridgehead atoms. The molecule has 1 unspecified atom stereocenters. The number of hydrogen-bond donors (Lipinski definition) is 2. The first kappa shape index (κ1) is 15.3. The first-order valence-electron chi connectivity index (χ1n) is 7.88. The highest BCUT2D eigenvalue weighted by molar-refractivity contribution is 5.75. The van der Waals surface area contributed by atoms with Gasteiger partial charge in [0.15, 0.2) is 11.5 Å². The third kappa shape index (κ3) is 2.64. The van der Waals surface area contributed by atoms with Crippen LogP contribution in [0, 0.1) is 0 Å². The van der Waals surface area contributed by atoms with Gasteiger partial charge < -0.3 is 16.2 Å². The van der Waals surface area contributed by atoms with Gasteiger partial charge in [0.05, 0.1) is 29.9 Å². The van der Waals surface area contributed by atoms with Crippen molar-refractivity contribution in [3.8, 4) is 11.4 Å². The molecule has 4 rings (SSSR count). The lowest BCUT2D eigenvalue weighted by molar-refractivity contribution is 0.414. The Hall–Kier alpha value is -3.19. The van der Waals surface area contributed by atoms with Crippen molar-refractivity contribution in [2.24, 2.45) is 11.5 Å². The fraction of sp³-hybridized carbons (Fsp3) is 0.167. The minimum atomic E-state index is -0.777. The van der Waals surface area contributed by atoms with Crippen molar-refractivity contribution in [3.05, 3.63) is 66.4 Å². The summed E-state index contributed by atoms with van der Waals surface area (Å²) in [6.45, 7) is 0. The third-order valence-electron chi connectivity index (χ3n) is 4.27. The molecular weight excluding hydrogens is 316 g/mol. The molecule has 2 aromatic heterocycles. The van der Waals surface area contributed by atoms with Gasteiger partial charge in [-0.05, 0) is 24.6 Å². The van der Waals surface area contributed by atoms with E-state index in [9.17, 15) is 0 Å². The van der Waals surface area contributed by atoms with Crippen LogP contribution in [0.4, 0.5) is 0 Å². The largest absolute Gasteiger partial charge is 0.497 e. The number of hydrogen-bond acceptors (Lipinski definition) is 6.